The van der Waals surface area contributed by atoms with E-state index < -0.39 is 5.41 Å². The molecule has 1 aliphatic rings. The Kier molecular flexibility index (Phi) is 4.20. The summed E-state index contributed by atoms with van der Waals surface area (Å²) in [6, 6.07) is 6.12. The highest BCUT2D eigenvalue weighted by Gasteiger charge is 2.40. The molecule has 1 amide bonds. The van der Waals surface area contributed by atoms with Crippen molar-refractivity contribution >= 4 is 5.91 Å². The van der Waals surface area contributed by atoms with Crippen LogP contribution in [0.3, 0.4) is 0 Å². The molecule has 2 rings (SSSR count). The number of halogens is 1. The summed E-state index contributed by atoms with van der Waals surface area (Å²) < 4.78 is 13.2. The Hall–Kier alpha value is -1.42. The average molecular weight is 264 g/mol. The van der Waals surface area contributed by atoms with E-state index in [9.17, 15) is 9.18 Å². The minimum absolute atomic E-state index is 0.00395. The summed E-state index contributed by atoms with van der Waals surface area (Å²) in [6.45, 7) is 2.25. The number of nitrogens with two attached hydrogens (primary N) is 1. The Morgan fingerprint density at radius 3 is 2.74 bits per heavy atom. The molecule has 0 unspecified atom stereocenters. The van der Waals surface area contributed by atoms with Gasteiger partial charge in [-0.25, -0.2) is 4.39 Å². The first kappa shape index (κ1) is 14.0. The number of rotatable bonds is 4. The zero-order valence-corrected chi connectivity index (χ0v) is 11.3. The summed E-state index contributed by atoms with van der Waals surface area (Å²) in [4.78, 5) is 12.4. The zero-order valence-electron chi connectivity index (χ0n) is 11.3. The van der Waals surface area contributed by atoms with Gasteiger partial charge in [-0.2, -0.15) is 0 Å². The minimum atomic E-state index is -0.415. The molecule has 0 heterocycles. The Labute approximate surface area is 113 Å². The molecule has 3 N–H and O–H groups in total. The third-order valence-electron chi connectivity index (χ3n) is 4.13. The van der Waals surface area contributed by atoms with Crippen LogP contribution in [0.4, 0.5) is 4.39 Å². The summed E-state index contributed by atoms with van der Waals surface area (Å²) in [5.41, 5.74) is 6.15. The van der Waals surface area contributed by atoms with Crippen molar-refractivity contribution in [2.24, 2.45) is 11.1 Å². The highest BCUT2D eigenvalue weighted by atomic mass is 19.1. The van der Waals surface area contributed by atoms with Gasteiger partial charge in [0.1, 0.15) is 5.82 Å². The van der Waals surface area contributed by atoms with Crippen LogP contribution in [0, 0.1) is 11.2 Å². The third kappa shape index (κ3) is 2.95. The molecule has 3 nitrogen and oxygen atoms in total. The molecule has 1 fully saturated rings. The van der Waals surface area contributed by atoms with Crippen molar-refractivity contribution < 1.29 is 9.18 Å². The van der Waals surface area contributed by atoms with E-state index in [0.717, 1.165) is 31.2 Å². The first-order valence-electron chi connectivity index (χ1n) is 6.84. The van der Waals surface area contributed by atoms with Crippen LogP contribution in [0.15, 0.2) is 24.3 Å². The van der Waals surface area contributed by atoms with Crippen molar-refractivity contribution in [3.8, 4) is 0 Å². The second-order valence-electron chi connectivity index (χ2n) is 5.44. The molecule has 1 saturated carbocycles. The molecule has 0 aromatic heterocycles. The van der Waals surface area contributed by atoms with Gasteiger partial charge in [0.2, 0.25) is 5.91 Å². The second-order valence-corrected chi connectivity index (χ2v) is 5.44. The van der Waals surface area contributed by atoms with E-state index in [2.05, 4.69) is 5.32 Å². The van der Waals surface area contributed by atoms with Crippen LogP contribution >= 0.6 is 0 Å². The van der Waals surface area contributed by atoms with Gasteiger partial charge in [0.05, 0.1) is 11.5 Å². The van der Waals surface area contributed by atoms with E-state index in [4.69, 9.17) is 5.73 Å². The SMILES string of the molecule is C[C@@H](NC(=O)C1(CN)CCCC1)c1cccc(F)c1. The molecule has 1 aromatic carbocycles. The van der Waals surface area contributed by atoms with Gasteiger partial charge in [-0.1, -0.05) is 25.0 Å². The van der Waals surface area contributed by atoms with Gasteiger partial charge in [0.15, 0.2) is 0 Å². The maximum Gasteiger partial charge on any atom is 0.227 e. The van der Waals surface area contributed by atoms with E-state index in [1.807, 2.05) is 13.0 Å². The number of hydrogen-bond acceptors (Lipinski definition) is 2. The van der Waals surface area contributed by atoms with Gasteiger partial charge < -0.3 is 11.1 Å². The third-order valence-corrected chi connectivity index (χ3v) is 4.13. The average Bonchev–Trinajstić information content (AvgIpc) is 2.88. The topological polar surface area (TPSA) is 55.1 Å². The lowest BCUT2D eigenvalue weighted by Crippen LogP contribution is -2.44. The Morgan fingerprint density at radius 2 is 2.16 bits per heavy atom. The highest BCUT2D eigenvalue weighted by molar-refractivity contribution is 5.83. The highest BCUT2D eigenvalue weighted by Crippen LogP contribution is 2.37. The van der Waals surface area contributed by atoms with E-state index >= 15 is 0 Å². The van der Waals surface area contributed by atoms with Crippen LogP contribution in [0.2, 0.25) is 0 Å². The molecule has 0 radical (unpaired) electrons. The minimum Gasteiger partial charge on any atom is -0.349 e. The van der Waals surface area contributed by atoms with Gasteiger partial charge in [0.25, 0.3) is 0 Å². The number of hydrogen-bond donors (Lipinski definition) is 2. The quantitative estimate of drug-likeness (QED) is 0.878. The Bertz CT molecular complexity index is 455. The summed E-state index contributed by atoms with van der Waals surface area (Å²) in [6.07, 6.45) is 3.81. The van der Waals surface area contributed by atoms with E-state index in [-0.39, 0.29) is 17.8 Å². The van der Waals surface area contributed by atoms with Crippen molar-refractivity contribution in [1.82, 2.24) is 5.32 Å². The van der Waals surface area contributed by atoms with Crippen molar-refractivity contribution in [2.75, 3.05) is 6.54 Å². The zero-order chi connectivity index (χ0) is 13.9. The van der Waals surface area contributed by atoms with E-state index in [1.54, 1.807) is 6.07 Å². The number of amides is 1. The van der Waals surface area contributed by atoms with Gasteiger partial charge in [-0.05, 0) is 37.5 Å². The Morgan fingerprint density at radius 1 is 1.47 bits per heavy atom. The first-order chi connectivity index (χ1) is 9.07. The lowest BCUT2D eigenvalue weighted by molar-refractivity contribution is -0.131. The molecule has 0 aliphatic heterocycles. The fourth-order valence-corrected chi connectivity index (χ4v) is 2.78. The molecular weight excluding hydrogens is 243 g/mol. The van der Waals surface area contributed by atoms with Crippen molar-refractivity contribution in [2.45, 2.75) is 38.6 Å². The number of carbonyl (C=O) groups is 1. The maximum absolute atomic E-state index is 13.2. The van der Waals surface area contributed by atoms with Gasteiger partial charge in [0, 0.05) is 6.54 Å². The van der Waals surface area contributed by atoms with Crippen LogP contribution in [-0.2, 0) is 4.79 Å². The van der Waals surface area contributed by atoms with Crippen molar-refractivity contribution in [1.29, 1.82) is 0 Å². The number of benzene rings is 1. The molecule has 104 valence electrons. The fourth-order valence-electron chi connectivity index (χ4n) is 2.78. The second kappa shape index (κ2) is 5.70. The van der Waals surface area contributed by atoms with E-state index in [0.29, 0.717) is 6.54 Å². The van der Waals surface area contributed by atoms with Crippen LogP contribution < -0.4 is 11.1 Å². The lowest BCUT2D eigenvalue weighted by Gasteiger charge is -2.28. The van der Waals surface area contributed by atoms with Crippen molar-refractivity contribution in [3.63, 3.8) is 0 Å². The predicted octanol–water partition coefficient (Wildman–Crippen LogP) is 2.52. The summed E-state index contributed by atoms with van der Waals surface area (Å²) in [5.74, 6) is -0.280. The van der Waals surface area contributed by atoms with Crippen LogP contribution in [0.25, 0.3) is 0 Å². The molecule has 0 spiro atoms. The summed E-state index contributed by atoms with van der Waals surface area (Å²) in [7, 11) is 0. The van der Waals surface area contributed by atoms with Crippen LogP contribution in [0.5, 0.6) is 0 Å². The van der Waals surface area contributed by atoms with Crippen LogP contribution in [-0.4, -0.2) is 12.5 Å². The molecule has 0 saturated heterocycles. The standard InChI is InChI=1S/C15H21FN2O/c1-11(12-5-4-6-13(16)9-12)18-14(19)15(10-17)7-2-3-8-15/h4-6,9,11H,2-3,7-8,10,17H2,1H3,(H,18,19)/t11-/m1/s1. The van der Waals surface area contributed by atoms with Crippen LogP contribution in [0.1, 0.15) is 44.2 Å². The Balaban J connectivity index is 2.06. The van der Waals surface area contributed by atoms with E-state index in [1.165, 1.54) is 12.1 Å². The number of carbonyl (C=O) groups excluding carboxylic acids is 1. The largest absolute Gasteiger partial charge is 0.349 e. The fraction of sp³-hybridized carbons (Fsp3) is 0.533. The molecule has 0 bridgehead atoms. The van der Waals surface area contributed by atoms with Gasteiger partial charge >= 0.3 is 0 Å². The van der Waals surface area contributed by atoms with Gasteiger partial charge in [-0.15, -0.1) is 0 Å². The normalized spacial score (nSPS) is 19.1. The summed E-state index contributed by atoms with van der Waals surface area (Å²) in [5, 5.41) is 2.97. The van der Waals surface area contributed by atoms with Gasteiger partial charge in [-0.3, -0.25) is 4.79 Å². The first-order valence-corrected chi connectivity index (χ1v) is 6.84. The molecule has 1 aromatic rings. The van der Waals surface area contributed by atoms with Crippen molar-refractivity contribution in [3.05, 3.63) is 35.6 Å². The maximum atomic E-state index is 13.2. The molecule has 4 heteroatoms. The molecule has 1 atom stereocenters. The number of nitrogens with one attached hydrogen (secondary N) is 1. The summed E-state index contributed by atoms with van der Waals surface area (Å²) >= 11 is 0. The predicted molar refractivity (Wildman–Crippen MR) is 72.9 cm³/mol. The smallest absolute Gasteiger partial charge is 0.227 e. The monoisotopic (exact) mass is 264 g/mol. The lowest BCUT2D eigenvalue weighted by atomic mass is 9.85. The molecule has 19 heavy (non-hydrogen) atoms. The molecular formula is C15H21FN2O. The molecule has 1 aliphatic carbocycles.